The fourth-order valence-corrected chi connectivity index (χ4v) is 3.92. The molecular formula is C27H21F5. The van der Waals surface area contributed by atoms with Gasteiger partial charge in [-0.2, -0.15) is 0 Å². The third-order valence-corrected chi connectivity index (χ3v) is 5.63. The van der Waals surface area contributed by atoms with Crippen LogP contribution in [0.2, 0.25) is 0 Å². The van der Waals surface area contributed by atoms with Crippen LogP contribution in [0.3, 0.4) is 0 Å². The van der Waals surface area contributed by atoms with E-state index >= 15 is 0 Å². The number of hydrogen-bond donors (Lipinski definition) is 0. The zero-order chi connectivity index (χ0) is 22.8. The van der Waals surface area contributed by atoms with Crippen LogP contribution in [0, 0.1) is 29.1 Å². The maximum Gasteiger partial charge on any atom is 0.194 e. The fourth-order valence-electron chi connectivity index (χ4n) is 3.92. The second-order valence-electron chi connectivity index (χ2n) is 7.93. The molecule has 0 N–H and O–H groups in total. The lowest BCUT2D eigenvalue weighted by Crippen LogP contribution is -1.98. The number of halogens is 5. The molecule has 4 rings (SSSR count). The maximum absolute atomic E-state index is 14.9. The van der Waals surface area contributed by atoms with Crippen molar-refractivity contribution in [3.63, 3.8) is 0 Å². The zero-order valence-electron chi connectivity index (χ0n) is 17.5. The first-order valence-corrected chi connectivity index (χ1v) is 10.5. The first-order valence-electron chi connectivity index (χ1n) is 10.5. The number of hydrogen-bond acceptors (Lipinski definition) is 0. The van der Waals surface area contributed by atoms with Crippen LogP contribution in [0.25, 0.3) is 21.9 Å². The second-order valence-corrected chi connectivity index (χ2v) is 7.93. The van der Waals surface area contributed by atoms with Gasteiger partial charge >= 0.3 is 0 Å². The van der Waals surface area contributed by atoms with Gasteiger partial charge in [0.15, 0.2) is 29.1 Å². The lowest BCUT2D eigenvalue weighted by molar-refractivity contribution is 0.445. The van der Waals surface area contributed by atoms with Gasteiger partial charge in [0.2, 0.25) is 0 Å². The summed E-state index contributed by atoms with van der Waals surface area (Å²) >= 11 is 0. The minimum absolute atomic E-state index is 0.142. The summed E-state index contributed by atoms with van der Waals surface area (Å²) in [6.45, 7) is 2.08. The summed E-state index contributed by atoms with van der Waals surface area (Å²) < 4.78 is 69.7. The average Bonchev–Trinajstić information content (AvgIpc) is 2.79. The van der Waals surface area contributed by atoms with Crippen LogP contribution in [0.15, 0.2) is 60.7 Å². The largest absolute Gasteiger partial charge is 0.204 e. The van der Waals surface area contributed by atoms with Crippen LogP contribution in [-0.4, -0.2) is 0 Å². The monoisotopic (exact) mass is 440 g/mol. The van der Waals surface area contributed by atoms with Crippen LogP contribution in [0.1, 0.15) is 30.0 Å². The normalized spacial score (nSPS) is 11.3. The summed E-state index contributed by atoms with van der Waals surface area (Å²) in [5.41, 5.74) is 2.91. The molecule has 164 valence electrons. The molecule has 0 bridgehead atoms. The Labute approximate surface area is 183 Å². The van der Waals surface area contributed by atoms with Crippen molar-refractivity contribution >= 4 is 10.8 Å². The van der Waals surface area contributed by atoms with Gasteiger partial charge in [-0.3, -0.25) is 0 Å². The molecule has 0 atom stereocenters. The summed E-state index contributed by atoms with van der Waals surface area (Å²) in [4.78, 5) is 0. The fraction of sp³-hybridized carbons (Fsp3) is 0.185. The van der Waals surface area contributed by atoms with Gasteiger partial charge in [0.1, 0.15) is 0 Å². The van der Waals surface area contributed by atoms with Gasteiger partial charge in [-0.15, -0.1) is 0 Å². The van der Waals surface area contributed by atoms with Gasteiger partial charge in [0.05, 0.1) is 0 Å². The van der Waals surface area contributed by atoms with Crippen molar-refractivity contribution < 1.29 is 22.0 Å². The molecule has 0 saturated heterocycles. The molecule has 0 aliphatic rings. The molecule has 4 aromatic rings. The first kappa shape index (κ1) is 22.0. The summed E-state index contributed by atoms with van der Waals surface area (Å²) in [5, 5.41) is 0.696. The van der Waals surface area contributed by atoms with Crippen molar-refractivity contribution in [2.75, 3.05) is 0 Å². The molecule has 0 heterocycles. The Hall–Kier alpha value is -3.21. The van der Waals surface area contributed by atoms with E-state index in [1.807, 2.05) is 12.1 Å². The third-order valence-electron chi connectivity index (χ3n) is 5.63. The van der Waals surface area contributed by atoms with E-state index in [1.165, 1.54) is 6.07 Å². The van der Waals surface area contributed by atoms with E-state index in [4.69, 9.17) is 0 Å². The Kier molecular flexibility index (Phi) is 6.26. The van der Waals surface area contributed by atoms with Crippen molar-refractivity contribution in [1.82, 2.24) is 0 Å². The molecule has 0 radical (unpaired) electrons. The van der Waals surface area contributed by atoms with E-state index in [1.54, 1.807) is 30.3 Å². The number of fused-ring (bicyclic) bond motifs is 1. The van der Waals surface area contributed by atoms with E-state index in [0.29, 0.717) is 22.9 Å². The van der Waals surface area contributed by atoms with Gasteiger partial charge < -0.3 is 0 Å². The lowest BCUT2D eigenvalue weighted by atomic mass is 9.96. The molecule has 0 aliphatic carbocycles. The highest BCUT2D eigenvalue weighted by Crippen LogP contribution is 2.32. The number of aryl methyl sites for hydroxylation is 3. The lowest BCUT2D eigenvalue weighted by Gasteiger charge is -2.11. The Morgan fingerprint density at radius 1 is 0.562 bits per heavy atom. The summed E-state index contributed by atoms with van der Waals surface area (Å²) in [5.74, 6) is -5.85. The number of rotatable bonds is 6. The predicted molar refractivity (Wildman–Crippen MR) is 117 cm³/mol. The highest BCUT2D eigenvalue weighted by atomic mass is 19.2. The molecule has 0 amide bonds. The molecule has 4 aromatic carbocycles. The van der Waals surface area contributed by atoms with E-state index in [2.05, 4.69) is 6.92 Å². The summed E-state index contributed by atoms with van der Waals surface area (Å²) in [7, 11) is 0. The van der Waals surface area contributed by atoms with Gasteiger partial charge in [-0.25, -0.2) is 22.0 Å². The van der Waals surface area contributed by atoms with E-state index in [9.17, 15) is 22.0 Å². The van der Waals surface area contributed by atoms with Crippen LogP contribution in [-0.2, 0) is 19.3 Å². The molecule has 5 heteroatoms. The molecule has 0 spiro atoms. The molecule has 0 unspecified atom stereocenters. The van der Waals surface area contributed by atoms with Crippen molar-refractivity contribution in [3.8, 4) is 11.1 Å². The van der Waals surface area contributed by atoms with Crippen molar-refractivity contribution in [1.29, 1.82) is 0 Å². The molecule has 0 aliphatic heterocycles. The van der Waals surface area contributed by atoms with Crippen LogP contribution in [0.5, 0.6) is 0 Å². The molecule has 0 saturated carbocycles. The van der Waals surface area contributed by atoms with Crippen LogP contribution >= 0.6 is 0 Å². The van der Waals surface area contributed by atoms with E-state index in [-0.39, 0.29) is 22.9 Å². The minimum atomic E-state index is -1.51. The molecular weight excluding hydrogens is 419 g/mol. The highest BCUT2D eigenvalue weighted by Gasteiger charge is 2.16. The second kappa shape index (κ2) is 9.11. The standard InChI is InChI=1S/C27H21F5/c1-2-3-16-6-9-19(10-7-16)22-15-20-11-8-17(12-21(20)25(30)26(22)31)4-5-18-13-23(28)27(32)24(29)14-18/h6-15H,2-5H2,1H3. The molecule has 32 heavy (non-hydrogen) atoms. The molecule has 0 nitrogen and oxygen atoms in total. The smallest absolute Gasteiger partial charge is 0.194 e. The summed E-state index contributed by atoms with van der Waals surface area (Å²) in [6.07, 6.45) is 2.49. The van der Waals surface area contributed by atoms with Gasteiger partial charge in [0, 0.05) is 10.9 Å². The summed E-state index contributed by atoms with van der Waals surface area (Å²) in [6, 6.07) is 16.0. The highest BCUT2D eigenvalue weighted by molar-refractivity contribution is 5.89. The molecule has 0 aromatic heterocycles. The van der Waals surface area contributed by atoms with Crippen LogP contribution < -0.4 is 0 Å². The van der Waals surface area contributed by atoms with Crippen LogP contribution in [0.4, 0.5) is 22.0 Å². The van der Waals surface area contributed by atoms with Gasteiger partial charge in [-0.05, 0) is 71.2 Å². The first-order chi connectivity index (χ1) is 15.4. The minimum Gasteiger partial charge on any atom is -0.204 e. The quantitative estimate of drug-likeness (QED) is 0.211. The van der Waals surface area contributed by atoms with E-state index < -0.39 is 29.1 Å². The van der Waals surface area contributed by atoms with Crippen molar-refractivity contribution in [3.05, 3.63) is 106 Å². The topological polar surface area (TPSA) is 0 Å². The molecule has 0 fully saturated rings. The Bertz CT molecular complexity index is 1250. The van der Waals surface area contributed by atoms with Crippen molar-refractivity contribution in [2.45, 2.75) is 32.6 Å². The zero-order valence-corrected chi connectivity index (χ0v) is 17.5. The average molecular weight is 440 g/mol. The van der Waals surface area contributed by atoms with E-state index in [0.717, 1.165) is 30.5 Å². The maximum atomic E-state index is 14.9. The Morgan fingerprint density at radius 3 is 1.84 bits per heavy atom. The Morgan fingerprint density at radius 2 is 1.19 bits per heavy atom. The third kappa shape index (κ3) is 4.38. The van der Waals surface area contributed by atoms with Gasteiger partial charge in [-0.1, -0.05) is 49.7 Å². The predicted octanol–water partition coefficient (Wildman–Crippen LogP) is 7.94. The van der Waals surface area contributed by atoms with Crippen molar-refractivity contribution in [2.24, 2.45) is 0 Å². The Balaban J connectivity index is 1.62. The van der Waals surface area contributed by atoms with Gasteiger partial charge in [0.25, 0.3) is 0 Å². The number of benzene rings is 4. The SMILES string of the molecule is CCCc1ccc(-c2cc3ccc(CCc4cc(F)c(F)c(F)c4)cc3c(F)c2F)cc1.